The molecule has 2 nitrogen and oxygen atoms in total. The van der Waals surface area contributed by atoms with E-state index in [0.717, 1.165) is 25.2 Å². The SMILES string of the molecule is C[C@@H]1CCC=C2CC[C@]3(C[C@]21C)O[C@]3(C)CO. The maximum absolute atomic E-state index is 9.49. The lowest BCUT2D eigenvalue weighted by atomic mass is 9.57. The first-order chi connectivity index (χ1) is 7.96. The van der Waals surface area contributed by atoms with E-state index in [-0.39, 0.29) is 17.8 Å². The molecule has 1 N–H and O–H groups in total. The fourth-order valence-corrected chi connectivity index (χ4v) is 4.19. The van der Waals surface area contributed by atoms with E-state index in [1.807, 2.05) is 0 Å². The van der Waals surface area contributed by atoms with Gasteiger partial charge < -0.3 is 9.84 Å². The van der Waals surface area contributed by atoms with Crippen LogP contribution in [0.15, 0.2) is 11.6 Å². The van der Waals surface area contributed by atoms with Gasteiger partial charge in [0.2, 0.25) is 0 Å². The minimum Gasteiger partial charge on any atom is -0.393 e. The van der Waals surface area contributed by atoms with Crippen LogP contribution in [0.4, 0.5) is 0 Å². The van der Waals surface area contributed by atoms with Gasteiger partial charge in [0.25, 0.3) is 0 Å². The smallest absolute Gasteiger partial charge is 0.118 e. The highest BCUT2D eigenvalue weighted by atomic mass is 16.6. The summed E-state index contributed by atoms with van der Waals surface area (Å²) in [6, 6.07) is 0. The van der Waals surface area contributed by atoms with Crippen molar-refractivity contribution in [2.75, 3.05) is 6.61 Å². The number of ether oxygens (including phenoxy) is 1. The topological polar surface area (TPSA) is 32.8 Å². The van der Waals surface area contributed by atoms with Crippen LogP contribution in [0.2, 0.25) is 0 Å². The number of epoxide rings is 1. The van der Waals surface area contributed by atoms with Gasteiger partial charge in [0.15, 0.2) is 0 Å². The second-order valence-corrected chi connectivity index (χ2v) is 6.79. The highest BCUT2D eigenvalue weighted by molar-refractivity contribution is 5.29. The van der Waals surface area contributed by atoms with E-state index in [2.05, 4.69) is 26.8 Å². The molecule has 1 saturated carbocycles. The minimum atomic E-state index is -0.265. The molecule has 2 aliphatic carbocycles. The van der Waals surface area contributed by atoms with Crippen LogP contribution in [0.1, 0.15) is 52.9 Å². The summed E-state index contributed by atoms with van der Waals surface area (Å²) in [4.78, 5) is 0. The van der Waals surface area contributed by atoms with Crippen molar-refractivity contribution in [1.29, 1.82) is 0 Å². The van der Waals surface area contributed by atoms with Crippen LogP contribution < -0.4 is 0 Å². The fraction of sp³-hybridized carbons (Fsp3) is 0.867. The molecule has 2 fully saturated rings. The first kappa shape index (κ1) is 11.7. The summed E-state index contributed by atoms with van der Waals surface area (Å²) in [5.74, 6) is 0.742. The summed E-state index contributed by atoms with van der Waals surface area (Å²) in [5, 5.41) is 9.49. The Balaban J connectivity index is 1.90. The van der Waals surface area contributed by atoms with Crippen LogP contribution in [0.3, 0.4) is 0 Å². The van der Waals surface area contributed by atoms with Crippen molar-refractivity contribution < 1.29 is 9.84 Å². The summed E-state index contributed by atoms with van der Waals surface area (Å²) >= 11 is 0. The summed E-state index contributed by atoms with van der Waals surface area (Å²) in [7, 11) is 0. The molecule has 1 spiro atoms. The standard InChI is InChI=1S/C15H24O2/c1-11-5-4-6-12-7-8-15(9-13(11,12)2)14(3,10-16)17-15/h6,11,16H,4-5,7-10H2,1-3H3/t11-,13+,14-,15-/m1/s1. The first-order valence-corrected chi connectivity index (χ1v) is 6.96. The predicted octanol–water partition coefficient (Wildman–Crippen LogP) is 3.05. The van der Waals surface area contributed by atoms with E-state index in [0.29, 0.717) is 5.41 Å². The van der Waals surface area contributed by atoms with Gasteiger partial charge in [0, 0.05) is 0 Å². The number of hydrogen-bond donors (Lipinski definition) is 1. The molecule has 0 amide bonds. The van der Waals surface area contributed by atoms with Crippen LogP contribution in [0.5, 0.6) is 0 Å². The Morgan fingerprint density at radius 1 is 1.47 bits per heavy atom. The predicted molar refractivity (Wildman–Crippen MR) is 67.7 cm³/mol. The zero-order chi connectivity index (χ0) is 12.3. The Morgan fingerprint density at radius 3 is 2.88 bits per heavy atom. The second kappa shape index (κ2) is 3.36. The quantitative estimate of drug-likeness (QED) is 0.560. The van der Waals surface area contributed by atoms with Gasteiger partial charge in [-0.05, 0) is 50.4 Å². The van der Waals surface area contributed by atoms with Crippen LogP contribution in [0, 0.1) is 11.3 Å². The lowest BCUT2D eigenvalue weighted by Crippen LogP contribution is -2.43. The highest BCUT2D eigenvalue weighted by Gasteiger charge is 2.69. The van der Waals surface area contributed by atoms with Gasteiger partial charge in [-0.15, -0.1) is 0 Å². The van der Waals surface area contributed by atoms with Crippen molar-refractivity contribution in [2.24, 2.45) is 11.3 Å². The molecule has 0 radical (unpaired) electrons. The molecule has 0 aromatic rings. The molecular weight excluding hydrogens is 212 g/mol. The highest BCUT2D eigenvalue weighted by Crippen LogP contribution is 2.64. The molecule has 96 valence electrons. The summed E-state index contributed by atoms with van der Waals surface area (Å²) < 4.78 is 5.97. The zero-order valence-electron chi connectivity index (χ0n) is 11.3. The van der Waals surface area contributed by atoms with E-state index < -0.39 is 0 Å². The lowest BCUT2D eigenvalue weighted by molar-refractivity contribution is 0.109. The van der Waals surface area contributed by atoms with E-state index in [4.69, 9.17) is 4.74 Å². The first-order valence-electron chi connectivity index (χ1n) is 6.96. The summed E-state index contributed by atoms with van der Waals surface area (Å²) in [5.41, 5.74) is 1.67. The van der Waals surface area contributed by atoms with E-state index >= 15 is 0 Å². The van der Waals surface area contributed by atoms with Crippen molar-refractivity contribution >= 4 is 0 Å². The zero-order valence-corrected chi connectivity index (χ0v) is 11.3. The monoisotopic (exact) mass is 236 g/mol. The molecule has 3 aliphatic rings. The van der Waals surface area contributed by atoms with Crippen LogP contribution in [-0.4, -0.2) is 22.9 Å². The Morgan fingerprint density at radius 2 is 2.24 bits per heavy atom. The van der Waals surface area contributed by atoms with Crippen molar-refractivity contribution in [3.8, 4) is 0 Å². The largest absolute Gasteiger partial charge is 0.393 e. The number of aliphatic hydroxyl groups is 1. The van der Waals surface area contributed by atoms with Gasteiger partial charge in [-0.3, -0.25) is 0 Å². The molecule has 3 rings (SSSR count). The van der Waals surface area contributed by atoms with Gasteiger partial charge in [-0.25, -0.2) is 0 Å². The molecule has 1 saturated heterocycles. The van der Waals surface area contributed by atoms with E-state index in [1.54, 1.807) is 5.57 Å². The number of rotatable bonds is 1. The molecule has 0 aromatic carbocycles. The maximum Gasteiger partial charge on any atom is 0.118 e. The third kappa shape index (κ3) is 1.40. The van der Waals surface area contributed by atoms with Crippen LogP contribution >= 0.6 is 0 Å². The number of hydrogen-bond acceptors (Lipinski definition) is 2. The van der Waals surface area contributed by atoms with Crippen LogP contribution in [0.25, 0.3) is 0 Å². The fourth-order valence-electron chi connectivity index (χ4n) is 4.19. The third-order valence-corrected chi connectivity index (χ3v) is 5.91. The number of allylic oxidation sites excluding steroid dienone is 2. The minimum absolute atomic E-state index is 0.0283. The van der Waals surface area contributed by atoms with Crippen molar-refractivity contribution in [1.82, 2.24) is 0 Å². The Labute approximate surface area is 104 Å². The number of fused-ring (bicyclic) bond motifs is 1. The van der Waals surface area contributed by atoms with Gasteiger partial charge in [0.05, 0.1) is 6.61 Å². The second-order valence-electron chi connectivity index (χ2n) is 6.79. The Kier molecular flexibility index (Phi) is 2.32. The average Bonchev–Trinajstić information content (AvgIpc) is 2.86. The normalized spacial score (nSPS) is 53.2. The van der Waals surface area contributed by atoms with Gasteiger partial charge in [-0.2, -0.15) is 0 Å². The molecule has 1 heterocycles. The molecule has 0 aromatic heterocycles. The maximum atomic E-state index is 9.49. The molecule has 1 aliphatic heterocycles. The van der Waals surface area contributed by atoms with Crippen molar-refractivity contribution in [2.45, 2.75) is 64.1 Å². The van der Waals surface area contributed by atoms with Gasteiger partial charge >= 0.3 is 0 Å². The molecule has 0 unspecified atom stereocenters. The van der Waals surface area contributed by atoms with Crippen LogP contribution in [-0.2, 0) is 4.74 Å². The third-order valence-electron chi connectivity index (χ3n) is 5.91. The average molecular weight is 236 g/mol. The van der Waals surface area contributed by atoms with E-state index in [9.17, 15) is 5.11 Å². The molecular formula is C15H24O2. The Hall–Kier alpha value is -0.340. The summed E-state index contributed by atoms with van der Waals surface area (Å²) in [6.45, 7) is 7.02. The lowest BCUT2D eigenvalue weighted by Gasteiger charge is -2.47. The summed E-state index contributed by atoms with van der Waals surface area (Å²) in [6.07, 6.45) is 8.37. The van der Waals surface area contributed by atoms with Gasteiger partial charge in [0.1, 0.15) is 11.2 Å². The molecule has 4 atom stereocenters. The Bertz CT molecular complexity index is 375. The van der Waals surface area contributed by atoms with Gasteiger partial charge in [-0.1, -0.05) is 25.5 Å². The molecule has 0 bridgehead atoms. The molecule has 2 heteroatoms. The van der Waals surface area contributed by atoms with Crippen molar-refractivity contribution in [3.05, 3.63) is 11.6 Å². The molecule has 17 heavy (non-hydrogen) atoms. The number of aliphatic hydroxyl groups excluding tert-OH is 1. The van der Waals surface area contributed by atoms with E-state index in [1.165, 1.54) is 12.8 Å². The van der Waals surface area contributed by atoms with Crippen molar-refractivity contribution in [3.63, 3.8) is 0 Å².